The van der Waals surface area contributed by atoms with E-state index in [0.717, 1.165) is 29.9 Å². The maximum absolute atomic E-state index is 13.4. The molecule has 0 spiro atoms. The van der Waals surface area contributed by atoms with Gasteiger partial charge in [-0.2, -0.15) is 10.1 Å². The van der Waals surface area contributed by atoms with Crippen molar-refractivity contribution in [1.29, 1.82) is 0 Å². The number of halogens is 1. The van der Waals surface area contributed by atoms with Gasteiger partial charge in [0.05, 0.1) is 52.2 Å². The first kappa shape index (κ1) is 30.9. The van der Waals surface area contributed by atoms with E-state index in [1.807, 2.05) is 43.7 Å². The van der Waals surface area contributed by atoms with Crippen molar-refractivity contribution in [2.75, 3.05) is 49.1 Å². The molecular formula is C31H35BrN9O3P. The summed E-state index contributed by atoms with van der Waals surface area (Å²) in [4.78, 5) is 20.5. The van der Waals surface area contributed by atoms with Gasteiger partial charge in [-0.25, -0.2) is 4.98 Å². The minimum atomic E-state index is -2.76. The fraction of sp³-hybridized carbons (Fsp3) is 0.323. The van der Waals surface area contributed by atoms with Gasteiger partial charge in [-0.05, 0) is 61.3 Å². The van der Waals surface area contributed by atoms with Crippen molar-refractivity contribution in [2.45, 2.75) is 26.1 Å². The van der Waals surface area contributed by atoms with Gasteiger partial charge >= 0.3 is 0 Å². The molecule has 5 aromatic rings. The van der Waals surface area contributed by atoms with Gasteiger partial charge < -0.3 is 29.6 Å². The van der Waals surface area contributed by atoms with E-state index in [0.29, 0.717) is 49.7 Å². The standard InChI is InChI=1S/C31H35BrN9O3P/c1-18-15-41(16-19(2)44-18)26-12-27(43-4)25(11-21(26)20-13-36-40(3)17-20)38-31-35-14-22(32)30(39-31)37-24-8-7-23-28(34-10-9-33-23)29(24)45(5,6)42/h7-14,17-19H,15-16H2,1-6H3,(H2,35,37,38,39)/t18-,19-/m1/s1. The largest absolute Gasteiger partial charge is 0.494 e. The van der Waals surface area contributed by atoms with Crippen LogP contribution >= 0.6 is 23.1 Å². The summed E-state index contributed by atoms with van der Waals surface area (Å²) >= 11 is 3.57. The molecule has 234 valence electrons. The first-order valence-electron chi connectivity index (χ1n) is 14.5. The number of anilines is 5. The smallest absolute Gasteiger partial charge is 0.229 e. The lowest BCUT2D eigenvalue weighted by molar-refractivity contribution is -0.00519. The molecule has 6 rings (SSSR count). The van der Waals surface area contributed by atoms with Crippen LogP contribution in [0.1, 0.15) is 13.8 Å². The molecule has 4 heterocycles. The van der Waals surface area contributed by atoms with Crippen molar-refractivity contribution < 1.29 is 14.0 Å². The molecule has 1 saturated heterocycles. The molecule has 3 aromatic heterocycles. The molecular weight excluding hydrogens is 657 g/mol. The van der Waals surface area contributed by atoms with Crippen LogP contribution in [0, 0.1) is 0 Å². The van der Waals surface area contributed by atoms with Gasteiger partial charge in [-0.1, -0.05) is 0 Å². The quantitative estimate of drug-likeness (QED) is 0.187. The Kier molecular flexibility index (Phi) is 8.51. The first-order chi connectivity index (χ1) is 21.5. The highest BCUT2D eigenvalue weighted by atomic mass is 79.9. The van der Waals surface area contributed by atoms with Crippen molar-refractivity contribution in [2.24, 2.45) is 7.05 Å². The number of aromatic nitrogens is 6. The molecule has 12 nitrogen and oxygen atoms in total. The lowest BCUT2D eigenvalue weighted by Crippen LogP contribution is -2.45. The summed E-state index contributed by atoms with van der Waals surface area (Å²) in [5, 5.41) is 11.8. The molecule has 0 amide bonds. The molecule has 0 aliphatic carbocycles. The Morgan fingerprint density at radius 3 is 2.47 bits per heavy atom. The predicted molar refractivity (Wildman–Crippen MR) is 182 cm³/mol. The van der Waals surface area contributed by atoms with Crippen molar-refractivity contribution >= 4 is 68.2 Å². The zero-order valence-electron chi connectivity index (χ0n) is 25.9. The zero-order valence-corrected chi connectivity index (χ0v) is 28.4. The second kappa shape index (κ2) is 12.4. The summed E-state index contributed by atoms with van der Waals surface area (Å²) in [6.45, 7) is 9.12. The molecule has 1 aliphatic rings. The Labute approximate surface area is 270 Å². The van der Waals surface area contributed by atoms with Crippen LogP contribution in [0.5, 0.6) is 5.75 Å². The van der Waals surface area contributed by atoms with E-state index >= 15 is 0 Å². The molecule has 2 N–H and O–H groups in total. The SMILES string of the molecule is COc1cc(N2C[C@@H](C)O[C@H](C)C2)c(-c2cnn(C)c2)cc1Nc1ncc(Br)c(Nc2ccc3nccnc3c2P(C)(C)=O)n1. The highest BCUT2D eigenvalue weighted by Crippen LogP contribution is 2.43. The summed E-state index contributed by atoms with van der Waals surface area (Å²) in [7, 11) is 0.783. The van der Waals surface area contributed by atoms with E-state index in [-0.39, 0.29) is 12.2 Å². The Balaban J connectivity index is 1.39. The molecule has 45 heavy (non-hydrogen) atoms. The molecule has 2 atom stereocenters. The second-order valence-electron chi connectivity index (χ2n) is 11.5. The molecule has 2 aromatic carbocycles. The number of rotatable bonds is 8. The maximum atomic E-state index is 13.4. The van der Waals surface area contributed by atoms with Crippen LogP contribution in [0.4, 0.5) is 28.8 Å². The number of fused-ring (bicyclic) bond motifs is 1. The number of hydrogen-bond acceptors (Lipinski definition) is 11. The Bertz CT molecular complexity index is 1920. The third kappa shape index (κ3) is 6.51. The molecule has 0 unspecified atom stereocenters. The minimum Gasteiger partial charge on any atom is -0.494 e. The fourth-order valence-corrected chi connectivity index (χ4v) is 7.38. The highest BCUT2D eigenvalue weighted by molar-refractivity contribution is 9.10. The summed E-state index contributed by atoms with van der Waals surface area (Å²) in [5.74, 6) is 1.47. The van der Waals surface area contributed by atoms with E-state index in [9.17, 15) is 4.57 Å². The van der Waals surface area contributed by atoms with E-state index in [4.69, 9.17) is 14.5 Å². The predicted octanol–water partition coefficient (Wildman–Crippen LogP) is 5.94. The maximum Gasteiger partial charge on any atom is 0.229 e. The lowest BCUT2D eigenvalue weighted by atomic mass is 10.0. The third-order valence-electron chi connectivity index (χ3n) is 7.49. The first-order valence-corrected chi connectivity index (χ1v) is 17.9. The third-order valence-corrected chi connectivity index (χ3v) is 9.60. The molecule has 14 heteroatoms. The molecule has 0 bridgehead atoms. The molecule has 1 fully saturated rings. The Hall–Kier alpha value is -4.06. The number of methoxy groups -OCH3 is 1. The normalized spacial score (nSPS) is 17.0. The monoisotopic (exact) mass is 691 g/mol. The van der Waals surface area contributed by atoms with Crippen LogP contribution < -0.4 is 25.6 Å². The van der Waals surface area contributed by atoms with Crippen LogP contribution in [-0.4, -0.2) is 75.5 Å². The van der Waals surface area contributed by atoms with E-state index in [1.165, 1.54) is 0 Å². The summed E-state index contributed by atoms with van der Waals surface area (Å²) in [5.41, 5.74) is 5.59. The average Bonchev–Trinajstić information content (AvgIpc) is 3.43. The van der Waals surface area contributed by atoms with Gasteiger partial charge in [0.2, 0.25) is 5.95 Å². The topological polar surface area (TPSA) is 132 Å². The van der Waals surface area contributed by atoms with Crippen LogP contribution in [0.15, 0.2) is 59.7 Å². The number of aryl methyl sites for hydroxylation is 1. The second-order valence-corrected chi connectivity index (χ2v) is 15.5. The number of nitrogens with one attached hydrogen (secondary N) is 2. The van der Waals surface area contributed by atoms with Gasteiger partial charge in [0.1, 0.15) is 24.2 Å². The summed E-state index contributed by atoms with van der Waals surface area (Å²) in [6, 6.07) is 7.78. The molecule has 0 saturated carbocycles. The van der Waals surface area contributed by atoms with Gasteiger partial charge in [0, 0.05) is 67.8 Å². The fourth-order valence-electron chi connectivity index (χ4n) is 5.69. The van der Waals surface area contributed by atoms with Crippen LogP contribution in [0.25, 0.3) is 22.2 Å². The Morgan fingerprint density at radius 2 is 1.78 bits per heavy atom. The van der Waals surface area contributed by atoms with Gasteiger partial charge in [-0.3, -0.25) is 14.6 Å². The number of morpholine rings is 1. The van der Waals surface area contributed by atoms with Gasteiger partial charge in [0.25, 0.3) is 0 Å². The number of ether oxygens (including phenoxy) is 2. The van der Waals surface area contributed by atoms with Crippen LogP contribution in [-0.2, 0) is 16.3 Å². The van der Waals surface area contributed by atoms with Gasteiger partial charge in [-0.15, -0.1) is 0 Å². The van der Waals surface area contributed by atoms with Crippen LogP contribution in [0.3, 0.4) is 0 Å². The van der Waals surface area contributed by atoms with Crippen molar-refractivity contribution in [3.63, 3.8) is 0 Å². The van der Waals surface area contributed by atoms with E-state index < -0.39 is 7.14 Å². The lowest BCUT2D eigenvalue weighted by Gasteiger charge is -2.38. The number of hydrogen-bond donors (Lipinski definition) is 2. The average molecular weight is 693 g/mol. The minimum absolute atomic E-state index is 0.0888. The number of nitrogens with zero attached hydrogens (tertiary/aromatic N) is 7. The summed E-state index contributed by atoms with van der Waals surface area (Å²) < 4.78 is 27.7. The molecule has 0 radical (unpaired) electrons. The van der Waals surface area contributed by atoms with Crippen molar-refractivity contribution in [1.82, 2.24) is 29.7 Å². The van der Waals surface area contributed by atoms with Gasteiger partial charge in [0.15, 0.2) is 0 Å². The Morgan fingerprint density at radius 1 is 1.02 bits per heavy atom. The zero-order chi connectivity index (χ0) is 31.9. The highest BCUT2D eigenvalue weighted by Gasteiger charge is 2.27. The van der Waals surface area contributed by atoms with E-state index in [1.54, 1.807) is 43.7 Å². The van der Waals surface area contributed by atoms with E-state index in [2.05, 4.69) is 65.4 Å². The van der Waals surface area contributed by atoms with Crippen molar-refractivity contribution in [3.05, 3.63) is 59.7 Å². The number of benzene rings is 2. The summed E-state index contributed by atoms with van der Waals surface area (Å²) in [6.07, 6.45) is 8.91. The molecule has 1 aliphatic heterocycles. The van der Waals surface area contributed by atoms with Crippen LogP contribution in [0.2, 0.25) is 0 Å². The van der Waals surface area contributed by atoms with Crippen molar-refractivity contribution in [3.8, 4) is 16.9 Å².